The van der Waals surface area contributed by atoms with Crippen LogP contribution in [0.25, 0.3) is 0 Å². The highest BCUT2D eigenvalue weighted by Gasteiger charge is 2.07. The zero-order valence-electron chi connectivity index (χ0n) is 12.0. The minimum Gasteiger partial charge on any atom is -0.388 e. The molecule has 1 atom stereocenters. The van der Waals surface area contributed by atoms with E-state index in [0.717, 1.165) is 31.2 Å². The summed E-state index contributed by atoms with van der Waals surface area (Å²) in [5.41, 5.74) is 2.47. The van der Waals surface area contributed by atoms with Gasteiger partial charge < -0.3 is 5.11 Å². The first-order chi connectivity index (χ1) is 8.77. The van der Waals surface area contributed by atoms with Crippen molar-refractivity contribution >= 4 is 0 Å². The van der Waals surface area contributed by atoms with Gasteiger partial charge in [-0.25, -0.2) is 0 Å². The standard InChI is InChI=1S/C17H28O/c1-3-5-7-8-10-15-11-9-12-16(14-15)17(18)13-6-4-2/h9,11-12,14,17-18H,3-8,10,13H2,1-2H3. The van der Waals surface area contributed by atoms with Gasteiger partial charge in [-0.15, -0.1) is 0 Å². The van der Waals surface area contributed by atoms with Gasteiger partial charge >= 0.3 is 0 Å². The number of hydrogen-bond acceptors (Lipinski definition) is 1. The molecule has 0 aliphatic carbocycles. The Kier molecular flexibility index (Phi) is 7.75. The zero-order valence-corrected chi connectivity index (χ0v) is 12.0. The van der Waals surface area contributed by atoms with Crippen molar-refractivity contribution in [1.82, 2.24) is 0 Å². The molecule has 0 heterocycles. The first-order valence-electron chi connectivity index (χ1n) is 7.54. The molecule has 0 fully saturated rings. The molecule has 0 saturated heterocycles. The van der Waals surface area contributed by atoms with Gasteiger partial charge in [0, 0.05) is 0 Å². The Balaban J connectivity index is 2.45. The molecule has 1 heteroatoms. The van der Waals surface area contributed by atoms with Crippen LogP contribution in [0.4, 0.5) is 0 Å². The summed E-state index contributed by atoms with van der Waals surface area (Å²) in [5, 5.41) is 10.1. The van der Waals surface area contributed by atoms with Crippen LogP contribution in [0.2, 0.25) is 0 Å². The van der Waals surface area contributed by atoms with E-state index < -0.39 is 0 Å². The third kappa shape index (κ3) is 5.68. The Bertz CT molecular complexity index is 319. The third-order valence-corrected chi connectivity index (χ3v) is 3.49. The van der Waals surface area contributed by atoms with E-state index in [4.69, 9.17) is 0 Å². The predicted octanol–water partition coefficient (Wildman–Crippen LogP) is 5.03. The molecule has 1 unspecified atom stereocenters. The van der Waals surface area contributed by atoms with Crippen molar-refractivity contribution in [2.75, 3.05) is 0 Å². The van der Waals surface area contributed by atoms with Gasteiger partial charge in [0.1, 0.15) is 0 Å². The van der Waals surface area contributed by atoms with Gasteiger partial charge in [-0.1, -0.05) is 70.2 Å². The highest BCUT2D eigenvalue weighted by molar-refractivity contribution is 5.25. The Morgan fingerprint density at radius 3 is 2.50 bits per heavy atom. The van der Waals surface area contributed by atoms with Crippen LogP contribution in [-0.2, 0) is 6.42 Å². The zero-order chi connectivity index (χ0) is 13.2. The molecule has 0 radical (unpaired) electrons. The maximum atomic E-state index is 10.1. The average Bonchev–Trinajstić information content (AvgIpc) is 2.41. The number of unbranched alkanes of at least 4 members (excludes halogenated alkanes) is 4. The van der Waals surface area contributed by atoms with Crippen molar-refractivity contribution in [3.63, 3.8) is 0 Å². The van der Waals surface area contributed by atoms with Crippen molar-refractivity contribution in [2.24, 2.45) is 0 Å². The first kappa shape index (κ1) is 15.2. The van der Waals surface area contributed by atoms with Crippen LogP contribution in [0.1, 0.15) is 76.0 Å². The van der Waals surface area contributed by atoms with E-state index >= 15 is 0 Å². The lowest BCUT2D eigenvalue weighted by Crippen LogP contribution is -1.98. The second-order valence-electron chi connectivity index (χ2n) is 5.21. The fourth-order valence-corrected chi connectivity index (χ4v) is 2.28. The van der Waals surface area contributed by atoms with E-state index in [1.165, 1.54) is 31.2 Å². The highest BCUT2D eigenvalue weighted by atomic mass is 16.3. The molecule has 102 valence electrons. The maximum Gasteiger partial charge on any atom is 0.0790 e. The molecule has 0 spiro atoms. The van der Waals surface area contributed by atoms with Crippen molar-refractivity contribution in [3.8, 4) is 0 Å². The SMILES string of the molecule is CCCCCCc1cccc(C(O)CCCC)c1. The number of aryl methyl sites for hydroxylation is 1. The van der Waals surface area contributed by atoms with Gasteiger partial charge in [0.05, 0.1) is 6.10 Å². The topological polar surface area (TPSA) is 20.2 Å². The van der Waals surface area contributed by atoms with Gasteiger partial charge in [-0.05, 0) is 30.4 Å². The van der Waals surface area contributed by atoms with E-state index in [9.17, 15) is 5.11 Å². The molecular weight excluding hydrogens is 220 g/mol. The lowest BCUT2D eigenvalue weighted by Gasteiger charge is -2.12. The van der Waals surface area contributed by atoms with Gasteiger partial charge in [-0.2, -0.15) is 0 Å². The molecule has 0 amide bonds. The largest absolute Gasteiger partial charge is 0.388 e. The van der Waals surface area contributed by atoms with E-state index in [0.29, 0.717) is 0 Å². The molecule has 0 saturated carbocycles. The van der Waals surface area contributed by atoms with Gasteiger partial charge in [0.2, 0.25) is 0 Å². The monoisotopic (exact) mass is 248 g/mol. The number of hydrogen-bond donors (Lipinski definition) is 1. The fourth-order valence-electron chi connectivity index (χ4n) is 2.28. The first-order valence-corrected chi connectivity index (χ1v) is 7.54. The molecule has 0 aliphatic heterocycles. The second-order valence-corrected chi connectivity index (χ2v) is 5.21. The van der Waals surface area contributed by atoms with Gasteiger partial charge in [-0.3, -0.25) is 0 Å². The quantitative estimate of drug-likeness (QED) is 0.607. The van der Waals surface area contributed by atoms with Crippen molar-refractivity contribution < 1.29 is 5.11 Å². The minimum absolute atomic E-state index is 0.277. The normalized spacial score (nSPS) is 12.6. The molecule has 1 N–H and O–H groups in total. The molecule has 1 aromatic rings. The highest BCUT2D eigenvalue weighted by Crippen LogP contribution is 2.21. The van der Waals surface area contributed by atoms with E-state index in [-0.39, 0.29) is 6.10 Å². The summed E-state index contributed by atoms with van der Waals surface area (Å²) in [6.07, 6.45) is 9.20. The minimum atomic E-state index is -0.277. The molecular formula is C17H28O. The summed E-state index contributed by atoms with van der Waals surface area (Å²) in [6, 6.07) is 8.50. The average molecular weight is 248 g/mol. The molecule has 0 bridgehead atoms. The number of aliphatic hydroxyl groups excluding tert-OH is 1. The maximum absolute atomic E-state index is 10.1. The Hall–Kier alpha value is -0.820. The summed E-state index contributed by atoms with van der Waals surface area (Å²) >= 11 is 0. The summed E-state index contributed by atoms with van der Waals surface area (Å²) in [7, 11) is 0. The summed E-state index contributed by atoms with van der Waals surface area (Å²) in [6.45, 7) is 4.40. The number of rotatable bonds is 9. The van der Waals surface area contributed by atoms with E-state index in [2.05, 4.69) is 38.1 Å². The van der Waals surface area contributed by atoms with Crippen LogP contribution in [0.5, 0.6) is 0 Å². The van der Waals surface area contributed by atoms with Crippen LogP contribution >= 0.6 is 0 Å². The van der Waals surface area contributed by atoms with Crippen LogP contribution in [-0.4, -0.2) is 5.11 Å². The summed E-state index contributed by atoms with van der Waals surface area (Å²) in [4.78, 5) is 0. The lowest BCUT2D eigenvalue weighted by atomic mass is 9.99. The van der Waals surface area contributed by atoms with Crippen molar-refractivity contribution in [1.29, 1.82) is 0 Å². The lowest BCUT2D eigenvalue weighted by molar-refractivity contribution is 0.164. The third-order valence-electron chi connectivity index (χ3n) is 3.49. The smallest absolute Gasteiger partial charge is 0.0790 e. The summed E-state index contributed by atoms with van der Waals surface area (Å²) < 4.78 is 0. The van der Waals surface area contributed by atoms with Gasteiger partial charge in [0.25, 0.3) is 0 Å². The van der Waals surface area contributed by atoms with Crippen LogP contribution in [0.3, 0.4) is 0 Å². The Labute approximate surface area is 112 Å². The molecule has 1 rings (SSSR count). The number of aliphatic hydroxyl groups is 1. The van der Waals surface area contributed by atoms with E-state index in [1.807, 2.05) is 0 Å². The van der Waals surface area contributed by atoms with Crippen molar-refractivity contribution in [3.05, 3.63) is 35.4 Å². The Morgan fingerprint density at radius 1 is 1.00 bits per heavy atom. The van der Waals surface area contributed by atoms with Gasteiger partial charge in [0.15, 0.2) is 0 Å². The van der Waals surface area contributed by atoms with E-state index in [1.54, 1.807) is 0 Å². The molecule has 0 aliphatic rings. The van der Waals surface area contributed by atoms with Crippen LogP contribution < -0.4 is 0 Å². The molecule has 18 heavy (non-hydrogen) atoms. The molecule has 1 aromatic carbocycles. The van der Waals surface area contributed by atoms with Crippen LogP contribution in [0.15, 0.2) is 24.3 Å². The molecule has 1 nitrogen and oxygen atoms in total. The fraction of sp³-hybridized carbons (Fsp3) is 0.647. The number of benzene rings is 1. The van der Waals surface area contributed by atoms with Crippen molar-refractivity contribution in [2.45, 2.75) is 71.3 Å². The molecule has 0 aromatic heterocycles. The second kappa shape index (κ2) is 9.16. The Morgan fingerprint density at radius 2 is 1.78 bits per heavy atom. The predicted molar refractivity (Wildman–Crippen MR) is 78.8 cm³/mol. The summed E-state index contributed by atoms with van der Waals surface area (Å²) in [5.74, 6) is 0. The van der Waals surface area contributed by atoms with Crippen LogP contribution in [0, 0.1) is 0 Å².